The first-order chi connectivity index (χ1) is 11.5. The lowest BCUT2D eigenvalue weighted by molar-refractivity contribution is 0.389. The molecule has 2 heterocycles. The molecule has 2 aromatic rings. The van der Waals surface area contributed by atoms with Crippen molar-refractivity contribution in [3.05, 3.63) is 64.7 Å². The maximum Gasteiger partial charge on any atom is 0.236 e. The van der Waals surface area contributed by atoms with Crippen molar-refractivity contribution in [2.24, 2.45) is 0 Å². The third-order valence-electron chi connectivity index (χ3n) is 3.87. The number of piperazine rings is 1. The van der Waals surface area contributed by atoms with Crippen LogP contribution in [0, 0.1) is 0 Å². The summed E-state index contributed by atoms with van der Waals surface area (Å²) in [5, 5.41) is 1.88. The van der Waals surface area contributed by atoms with E-state index in [-0.39, 0.29) is 0 Å². The Kier molecular flexibility index (Phi) is 5.18. The SMILES string of the molecule is O=S(=O)(C=Cc1ccc(Cl)cc1)N1CCN(c2ccccn2)CC1. The Balaban J connectivity index is 1.63. The van der Waals surface area contributed by atoms with E-state index in [4.69, 9.17) is 11.6 Å². The average Bonchev–Trinajstić information content (AvgIpc) is 2.62. The number of benzene rings is 1. The molecule has 1 aromatic heterocycles. The number of aromatic nitrogens is 1. The van der Waals surface area contributed by atoms with E-state index in [2.05, 4.69) is 9.88 Å². The van der Waals surface area contributed by atoms with Crippen molar-refractivity contribution in [3.63, 3.8) is 0 Å². The van der Waals surface area contributed by atoms with Gasteiger partial charge in [-0.05, 0) is 35.9 Å². The first kappa shape index (κ1) is 17.0. The van der Waals surface area contributed by atoms with Crippen molar-refractivity contribution < 1.29 is 8.42 Å². The van der Waals surface area contributed by atoms with Gasteiger partial charge in [0.2, 0.25) is 10.0 Å². The van der Waals surface area contributed by atoms with Crippen LogP contribution in [0.5, 0.6) is 0 Å². The topological polar surface area (TPSA) is 53.5 Å². The molecule has 1 saturated heterocycles. The smallest absolute Gasteiger partial charge is 0.236 e. The third-order valence-corrected chi connectivity index (χ3v) is 5.69. The average molecular weight is 364 g/mol. The second kappa shape index (κ2) is 7.34. The third kappa shape index (κ3) is 4.14. The Hall–Kier alpha value is -1.89. The predicted octanol–water partition coefficient (Wildman–Crippen LogP) is 2.86. The van der Waals surface area contributed by atoms with Gasteiger partial charge in [0.15, 0.2) is 0 Å². The largest absolute Gasteiger partial charge is 0.354 e. The zero-order valence-electron chi connectivity index (χ0n) is 13.0. The molecule has 1 fully saturated rings. The molecule has 0 spiro atoms. The van der Waals surface area contributed by atoms with Crippen molar-refractivity contribution in [2.75, 3.05) is 31.1 Å². The zero-order valence-corrected chi connectivity index (χ0v) is 14.6. The van der Waals surface area contributed by atoms with Gasteiger partial charge in [0, 0.05) is 42.8 Å². The molecule has 0 N–H and O–H groups in total. The molecule has 5 nitrogen and oxygen atoms in total. The van der Waals surface area contributed by atoms with Gasteiger partial charge in [0.25, 0.3) is 0 Å². The molecule has 1 aliphatic heterocycles. The number of nitrogens with zero attached hydrogens (tertiary/aromatic N) is 3. The number of anilines is 1. The lowest BCUT2D eigenvalue weighted by Crippen LogP contribution is -2.48. The second-order valence-corrected chi connectivity index (χ2v) is 7.73. The van der Waals surface area contributed by atoms with Gasteiger partial charge in [-0.25, -0.2) is 13.4 Å². The van der Waals surface area contributed by atoms with Gasteiger partial charge in [0.1, 0.15) is 5.82 Å². The van der Waals surface area contributed by atoms with Crippen LogP contribution in [0.1, 0.15) is 5.56 Å². The molecular formula is C17H18ClN3O2S. The Labute approximate surface area is 147 Å². The van der Waals surface area contributed by atoms with Crippen molar-refractivity contribution in [1.82, 2.24) is 9.29 Å². The Bertz CT molecular complexity index is 799. The summed E-state index contributed by atoms with van der Waals surface area (Å²) in [5.74, 6) is 0.881. The first-order valence-corrected chi connectivity index (χ1v) is 9.52. The summed E-state index contributed by atoms with van der Waals surface area (Å²) in [6.07, 6.45) is 3.34. The van der Waals surface area contributed by atoms with Crippen LogP contribution in [-0.4, -0.2) is 43.9 Å². The molecular weight excluding hydrogens is 346 g/mol. The molecule has 0 radical (unpaired) electrons. The molecule has 24 heavy (non-hydrogen) atoms. The lowest BCUT2D eigenvalue weighted by atomic mass is 10.2. The molecule has 0 unspecified atom stereocenters. The van der Waals surface area contributed by atoms with Gasteiger partial charge in [-0.3, -0.25) is 0 Å². The van der Waals surface area contributed by atoms with Gasteiger partial charge in [-0.1, -0.05) is 29.8 Å². The maximum atomic E-state index is 12.4. The number of halogens is 1. The highest BCUT2D eigenvalue weighted by Gasteiger charge is 2.25. The fourth-order valence-corrected chi connectivity index (χ4v) is 3.84. The van der Waals surface area contributed by atoms with Gasteiger partial charge < -0.3 is 4.90 Å². The van der Waals surface area contributed by atoms with E-state index in [1.54, 1.807) is 36.5 Å². The molecule has 0 amide bonds. The summed E-state index contributed by atoms with van der Waals surface area (Å²) >= 11 is 5.83. The van der Waals surface area contributed by atoms with Crippen LogP contribution in [0.25, 0.3) is 6.08 Å². The number of rotatable bonds is 4. The van der Waals surface area contributed by atoms with Gasteiger partial charge in [0.05, 0.1) is 0 Å². The summed E-state index contributed by atoms with van der Waals surface area (Å²) in [4.78, 5) is 6.40. The van der Waals surface area contributed by atoms with E-state index in [1.807, 2.05) is 18.2 Å². The van der Waals surface area contributed by atoms with Crippen molar-refractivity contribution in [2.45, 2.75) is 0 Å². The highest BCUT2D eigenvalue weighted by molar-refractivity contribution is 7.92. The van der Waals surface area contributed by atoms with Crippen LogP contribution in [0.2, 0.25) is 5.02 Å². The molecule has 0 saturated carbocycles. The Morgan fingerprint density at radius 1 is 1.00 bits per heavy atom. The van der Waals surface area contributed by atoms with Crippen LogP contribution >= 0.6 is 11.6 Å². The number of hydrogen-bond acceptors (Lipinski definition) is 4. The monoisotopic (exact) mass is 363 g/mol. The molecule has 1 aromatic carbocycles. The summed E-state index contributed by atoms with van der Waals surface area (Å²) < 4.78 is 26.4. The molecule has 126 valence electrons. The highest BCUT2D eigenvalue weighted by Crippen LogP contribution is 2.16. The highest BCUT2D eigenvalue weighted by atomic mass is 35.5. The molecule has 0 aliphatic carbocycles. The first-order valence-electron chi connectivity index (χ1n) is 7.64. The number of pyridine rings is 1. The summed E-state index contributed by atoms with van der Waals surface area (Å²) in [6, 6.07) is 12.8. The Morgan fingerprint density at radius 3 is 2.33 bits per heavy atom. The molecule has 1 aliphatic rings. The quantitative estimate of drug-likeness (QED) is 0.838. The van der Waals surface area contributed by atoms with E-state index in [0.29, 0.717) is 31.2 Å². The van der Waals surface area contributed by atoms with Crippen molar-refractivity contribution in [3.8, 4) is 0 Å². The molecule has 3 rings (SSSR count). The van der Waals surface area contributed by atoms with E-state index in [1.165, 1.54) is 9.71 Å². The predicted molar refractivity (Wildman–Crippen MR) is 97.4 cm³/mol. The minimum absolute atomic E-state index is 0.448. The normalized spacial score (nSPS) is 16.6. The van der Waals surface area contributed by atoms with Crippen LogP contribution in [0.15, 0.2) is 54.1 Å². The summed E-state index contributed by atoms with van der Waals surface area (Å²) in [5.41, 5.74) is 0.801. The molecule has 0 bridgehead atoms. The van der Waals surface area contributed by atoms with E-state index < -0.39 is 10.0 Å². The maximum absolute atomic E-state index is 12.4. The van der Waals surface area contributed by atoms with Gasteiger partial charge in [-0.15, -0.1) is 0 Å². The van der Waals surface area contributed by atoms with Crippen LogP contribution in [-0.2, 0) is 10.0 Å². The fraction of sp³-hybridized carbons (Fsp3) is 0.235. The van der Waals surface area contributed by atoms with Crippen LogP contribution in [0.4, 0.5) is 5.82 Å². The number of sulfonamides is 1. The molecule has 0 atom stereocenters. The van der Waals surface area contributed by atoms with E-state index in [0.717, 1.165) is 11.4 Å². The van der Waals surface area contributed by atoms with Crippen molar-refractivity contribution in [1.29, 1.82) is 0 Å². The van der Waals surface area contributed by atoms with Gasteiger partial charge in [-0.2, -0.15) is 4.31 Å². The van der Waals surface area contributed by atoms with Crippen LogP contribution in [0.3, 0.4) is 0 Å². The lowest BCUT2D eigenvalue weighted by Gasteiger charge is -2.34. The fourth-order valence-electron chi connectivity index (χ4n) is 2.54. The van der Waals surface area contributed by atoms with E-state index in [9.17, 15) is 8.42 Å². The minimum Gasteiger partial charge on any atom is -0.354 e. The van der Waals surface area contributed by atoms with Crippen molar-refractivity contribution >= 4 is 33.5 Å². The standard InChI is InChI=1S/C17H18ClN3O2S/c18-16-6-4-15(5-7-16)8-14-24(22,23)21-12-10-20(11-13-21)17-3-1-2-9-19-17/h1-9,14H,10-13H2. The number of hydrogen-bond donors (Lipinski definition) is 0. The van der Waals surface area contributed by atoms with E-state index >= 15 is 0 Å². The second-order valence-electron chi connectivity index (χ2n) is 5.47. The van der Waals surface area contributed by atoms with Gasteiger partial charge >= 0.3 is 0 Å². The Morgan fingerprint density at radius 2 is 1.71 bits per heavy atom. The zero-order chi connectivity index (χ0) is 17.0. The summed E-state index contributed by atoms with van der Waals surface area (Å²) in [6.45, 7) is 2.16. The minimum atomic E-state index is -3.42. The summed E-state index contributed by atoms with van der Waals surface area (Å²) in [7, 11) is -3.42. The van der Waals surface area contributed by atoms with Crippen LogP contribution < -0.4 is 4.90 Å². The molecule has 7 heteroatoms.